The summed E-state index contributed by atoms with van der Waals surface area (Å²) >= 11 is 0. The minimum Gasteiger partial charge on any atom is -0.497 e. The van der Waals surface area contributed by atoms with Gasteiger partial charge in [-0.25, -0.2) is 0 Å². The third-order valence-electron chi connectivity index (χ3n) is 8.24. The fraction of sp³-hybridized carbons (Fsp3) is 0.436. The first-order valence-electron chi connectivity index (χ1n) is 16.5. The molecule has 5 nitrogen and oxygen atoms in total. The number of fused-ring (bicyclic) bond motifs is 2. The molecule has 1 aliphatic heterocycles. The van der Waals surface area contributed by atoms with Gasteiger partial charge < -0.3 is 13.9 Å². The molecule has 2 aromatic carbocycles. The number of aryl methyl sites for hydroxylation is 1. The number of allylic oxidation sites excluding steroid dienone is 2. The third kappa shape index (κ3) is 9.57. The highest BCUT2D eigenvalue weighted by Gasteiger charge is 2.19. The fourth-order valence-electron chi connectivity index (χ4n) is 5.77. The highest BCUT2D eigenvalue weighted by atomic mass is 16.5. The van der Waals surface area contributed by atoms with Gasteiger partial charge in [0.2, 0.25) is 0 Å². The molecule has 0 saturated heterocycles. The molecular formula is C39H48O5. The molecule has 0 saturated carbocycles. The Balaban J connectivity index is 1.27. The van der Waals surface area contributed by atoms with Crippen molar-refractivity contribution in [2.75, 3.05) is 7.11 Å². The molecule has 44 heavy (non-hydrogen) atoms. The van der Waals surface area contributed by atoms with E-state index in [0.29, 0.717) is 23.5 Å². The molecule has 0 atom stereocenters. The monoisotopic (exact) mass is 596 g/mol. The number of carbonyl (C=O) groups is 1. The summed E-state index contributed by atoms with van der Waals surface area (Å²) in [4.78, 5) is 24.8. The van der Waals surface area contributed by atoms with Crippen molar-refractivity contribution in [3.8, 4) is 33.9 Å². The van der Waals surface area contributed by atoms with Gasteiger partial charge in [-0.2, -0.15) is 0 Å². The van der Waals surface area contributed by atoms with E-state index in [9.17, 15) is 9.59 Å². The average Bonchev–Trinajstić information content (AvgIpc) is 3.01. The Morgan fingerprint density at radius 2 is 1.41 bits per heavy atom. The van der Waals surface area contributed by atoms with Crippen LogP contribution in [0.4, 0.5) is 0 Å². The molecule has 1 heterocycles. The molecule has 0 radical (unpaired) electrons. The molecule has 0 spiro atoms. The first kappa shape index (κ1) is 33.0. The Bertz CT molecular complexity index is 1550. The molecule has 0 amide bonds. The molecule has 0 unspecified atom stereocenters. The lowest BCUT2D eigenvalue weighted by Crippen LogP contribution is -2.07. The van der Waals surface area contributed by atoms with E-state index in [1.54, 1.807) is 19.2 Å². The van der Waals surface area contributed by atoms with Crippen LogP contribution in [0.25, 0.3) is 33.4 Å². The lowest BCUT2D eigenvalue weighted by Gasteiger charge is -2.17. The van der Waals surface area contributed by atoms with Crippen molar-refractivity contribution >= 4 is 16.9 Å². The maximum absolute atomic E-state index is 12.6. The van der Waals surface area contributed by atoms with E-state index in [2.05, 4.69) is 19.1 Å². The van der Waals surface area contributed by atoms with Crippen LogP contribution in [0, 0.1) is 6.92 Å². The Hall–Kier alpha value is -3.86. The van der Waals surface area contributed by atoms with Gasteiger partial charge >= 0.3 is 5.97 Å². The summed E-state index contributed by atoms with van der Waals surface area (Å²) in [6.07, 6.45) is 20.9. The number of rotatable bonds is 18. The summed E-state index contributed by atoms with van der Waals surface area (Å²) in [5.41, 5.74) is 4.30. The van der Waals surface area contributed by atoms with E-state index in [1.165, 1.54) is 63.9 Å². The van der Waals surface area contributed by atoms with E-state index in [0.717, 1.165) is 59.1 Å². The second-order valence-corrected chi connectivity index (χ2v) is 11.8. The third-order valence-corrected chi connectivity index (χ3v) is 8.24. The fourth-order valence-corrected chi connectivity index (χ4v) is 5.77. The zero-order chi connectivity index (χ0) is 31.1. The van der Waals surface area contributed by atoms with Crippen LogP contribution in [-0.2, 0) is 4.79 Å². The van der Waals surface area contributed by atoms with Crippen molar-refractivity contribution in [2.45, 2.75) is 104 Å². The summed E-state index contributed by atoms with van der Waals surface area (Å²) in [7, 11) is 1.65. The Labute approximate surface area is 262 Å². The summed E-state index contributed by atoms with van der Waals surface area (Å²) in [6, 6.07) is 16.3. The smallest absolute Gasteiger partial charge is 0.311 e. The van der Waals surface area contributed by atoms with Crippen molar-refractivity contribution < 1.29 is 18.7 Å². The van der Waals surface area contributed by atoms with Gasteiger partial charge in [0.15, 0.2) is 5.43 Å². The topological polar surface area (TPSA) is 65.7 Å². The molecule has 0 N–H and O–H groups in total. The number of methoxy groups -OCH3 is 1. The lowest BCUT2D eigenvalue weighted by atomic mass is 9.91. The van der Waals surface area contributed by atoms with Crippen molar-refractivity contribution in [3.05, 3.63) is 82.5 Å². The summed E-state index contributed by atoms with van der Waals surface area (Å²) in [6.45, 7) is 4.29. The highest BCUT2D eigenvalue weighted by Crippen LogP contribution is 2.42. The normalized spacial score (nSPS) is 11.5. The molecule has 5 heteroatoms. The molecule has 0 aromatic heterocycles. The zero-order valence-electron chi connectivity index (χ0n) is 26.8. The Morgan fingerprint density at radius 3 is 2.11 bits per heavy atom. The summed E-state index contributed by atoms with van der Waals surface area (Å²) in [5.74, 6) is 1.47. The van der Waals surface area contributed by atoms with E-state index in [4.69, 9.17) is 13.9 Å². The van der Waals surface area contributed by atoms with Gasteiger partial charge in [0.25, 0.3) is 0 Å². The van der Waals surface area contributed by atoms with Crippen molar-refractivity contribution in [3.63, 3.8) is 0 Å². The van der Waals surface area contributed by atoms with E-state index in [1.807, 2.05) is 43.3 Å². The second kappa shape index (κ2) is 17.4. The predicted octanol–water partition coefficient (Wildman–Crippen LogP) is 10.8. The van der Waals surface area contributed by atoms with Crippen LogP contribution in [-0.4, -0.2) is 13.1 Å². The van der Waals surface area contributed by atoms with Gasteiger partial charge in [0, 0.05) is 35.1 Å². The SMILES string of the molecule is CCCCCCCC/C=C\CCCCCCCC(=O)Oc1ccc2c(-c3ccc(OC)cc3C)c3ccc(=O)cc-3oc2c1. The number of hydrogen-bond donors (Lipinski definition) is 0. The molecular weight excluding hydrogens is 548 g/mol. The molecule has 2 aromatic rings. The number of ether oxygens (including phenoxy) is 2. The number of hydrogen-bond acceptors (Lipinski definition) is 5. The molecule has 234 valence electrons. The highest BCUT2D eigenvalue weighted by molar-refractivity contribution is 6.03. The first-order valence-corrected chi connectivity index (χ1v) is 16.5. The van der Waals surface area contributed by atoms with Gasteiger partial charge in [0.05, 0.1) is 7.11 Å². The lowest BCUT2D eigenvalue weighted by molar-refractivity contribution is -0.134. The number of esters is 1. The maximum atomic E-state index is 12.6. The molecule has 0 bridgehead atoms. The minimum absolute atomic E-state index is 0.124. The quantitative estimate of drug-likeness (QED) is 0.0376. The summed E-state index contributed by atoms with van der Waals surface area (Å²) < 4.78 is 17.3. The van der Waals surface area contributed by atoms with Crippen LogP contribution in [0.2, 0.25) is 0 Å². The minimum atomic E-state index is -0.240. The number of unbranched alkanes of at least 4 members (excludes halogenated alkanes) is 11. The molecule has 0 fully saturated rings. The van der Waals surface area contributed by atoms with Gasteiger partial charge in [-0.15, -0.1) is 0 Å². The Morgan fingerprint density at radius 1 is 0.750 bits per heavy atom. The van der Waals surface area contributed by atoms with Crippen LogP contribution in [0.15, 0.2) is 76.0 Å². The standard InChI is InChI=1S/C39H48O5/c1-4-5-6-7-8-9-10-11-12-13-14-15-16-17-18-19-38(41)43-32-22-25-35-37(28-32)44-36-27-30(40)20-23-34(36)39(35)33-24-21-31(42-3)26-29(33)2/h11-12,20-28H,4-10,13-19H2,1-3H3/b12-11-. The molecule has 1 aliphatic carbocycles. The van der Waals surface area contributed by atoms with Gasteiger partial charge in [-0.3, -0.25) is 9.59 Å². The Kier molecular flexibility index (Phi) is 13.1. The van der Waals surface area contributed by atoms with Gasteiger partial charge in [-0.05, 0) is 86.6 Å². The average molecular weight is 597 g/mol. The van der Waals surface area contributed by atoms with Gasteiger partial charge in [-0.1, -0.05) is 76.5 Å². The summed E-state index contributed by atoms with van der Waals surface area (Å²) in [5, 5.41) is 0.876. The first-order chi connectivity index (χ1) is 21.5. The van der Waals surface area contributed by atoms with E-state index in [-0.39, 0.29) is 11.4 Å². The predicted molar refractivity (Wildman–Crippen MR) is 181 cm³/mol. The van der Waals surface area contributed by atoms with Gasteiger partial charge in [0.1, 0.15) is 22.8 Å². The van der Waals surface area contributed by atoms with Crippen molar-refractivity contribution in [2.24, 2.45) is 0 Å². The van der Waals surface area contributed by atoms with Crippen LogP contribution in [0.3, 0.4) is 0 Å². The maximum Gasteiger partial charge on any atom is 0.311 e. The number of carbonyl (C=O) groups excluding carboxylic acids is 1. The molecule has 2 aliphatic rings. The van der Waals surface area contributed by atoms with E-state index < -0.39 is 0 Å². The van der Waals surface area contributed by atoms with Crippen LogP contribution < -0.4 is 14.9 Å². The largest absolute Gasteiger partial charge is 0.497 e. The van der Waals surface area contributed by atoms with Crippen LogP contribution in [0.1, 0.15) is 102 Å². The second-order valence-electron chi connectivity index (χ2n) is 11.8. The number of benzene rings is 3. The van der Waals surface area contributed by atoms with Crippen molar-refractivity contribution in [1.82, 2.24) is 0 Å². The van der Waals surface area contributed by atoms with Crippen LogP contribution >= 0.6 is 0 Å². The van der Waals surface area contributed by atoms with Crippen LogP contribution in [0.5, 0.6) is 11.5 Å². The molecule has 4 rings (SSSR count). The van der Waals surface area contributed by atoms with Crippen molar-refractivity contribution in [1.29, 1.82) is 0 Å². The van der Waals surface area contributed by atoms with E-state index >= 15 is 0 Å². The zero-order valence-corrected chi connectivity index (χ0v) is 26.8.